The molecule has 0 bridgehead atoms. The summed E-state index contributed by atoms with van der Waals surface area (Å²) in [5.41, 5.74) is 2.57. The minimum atomic E-state index is -4.44. The molecule has 2 aromatic heterocycles. The van der Waals surface area contributed by atoms with Crippen LogP contribution >= 0.6 is 0 Å². The lowest BCUT2D eigenvalue weighted by atomic mass is 10.0. The van der Waals surface area contributed by atoms with Crippen LogP contribution in [0.5, 0.6) is 0 Å². The average molecular weight is 420 g/mol. The Kier molecular flexibility index (Phi) is 3.71. The fourth-order valence-corrected chi connectivity index (χ4v) is 4.82. The fraction of sp³-hybridized carbons (Fsp3) is 0.0909. The Morgan fingerprint density at radius 2 is 1.30 bits per heavy atom. The summed E-state index contributed by atoms with van der Waals surface area (Å²) in [7, 11) is -4.44. The Hall–Kier alpha value is -3.49. The van der Waals surface area contributed by atoms with Crippen molar-refractivity contribution in [1.82, 2.24) is 9.97 Å². The average Bonchev–Trinajstić information content (AvgIpc) is 2.67. The summed E-state index contributed by atoms with van der Waals surface area (Å²) in [6.07, 6.45) is 0. The van der Waals surface area contributed by atoms with E-state index in [4.69, 9.17) is 0 Å². The quantitative estimate of drug-likeness (QED) is 0.283. The molecule has 0 unspecified atom stereocenters. The van der Waals surface area contributed by atoms with Gasteiger partial charge in [-0.05, 0) is 55.3 Å². The van der Waals surface area contributed by atoms with E-state index < -0.39 is 10.1 Å². The molecule has 0 saturated heterocycles. The molecule has 5 rings (SSSR count). The third kappa shape index (κ3) is 2.58. The highest BCUT2D eigenvalue weighted by Crippen LogP contribution is 2.25. The highest BCUT2D eigenvalue weighted by atomic mass is 32.2. The van der Waals surface area contributed by atoms with E-state index in [0.29, 0.717) is 38.1 Å². The van der Waals surface area contributed by atoms with Crippen LogP contribution in [0.3, 0.4) is 0 Å². The van der Waals surface area contributed by atoms with Crippen molar-refractivity contribution in [3.63, 3.8) is 0 Å². The number of pyridine rings is 2. The van der Waals surface area contributed by atoms with Crippen molar-refractivity contribution >= 4 is 53.7 Å². The standard InChI is InChI=1S/C22H16N2O5S/c1-10-4-3-5-15-20(10)22(26)14-8-16-13(7-17(14)23-15)21(25)12-6-11(2)19(30(27,28)29)9-18(12)24-16/h3-9H,1-2H3,(H,23,26)(H,24,25)(H,27,28,29). The first-order valence-corrected chi connectivity index (χ1v) is 10.6. The molecule has 0 spiro atoms. The molecule has 0 aliphatic carbocycles. The van der Waals surface area contributed by atoms with E-state index in [2.05, 4.69) is 9.97 Å². The lowest BCUT2D eigenvalue weighted by Crippen LogP contribution is -2.10. The number of benzene rings is 3. The predicted octanol–water partition coefficient (Wildman–Crippen LogP) is 3.54. The van der Waals surface area contributed by atoms with E-state index in [1.165, 1.54) is 19.1 Å². The van der Waals surface area contributed by atoms with Crippen LogP contribution in [0, 0.1) is 13.8 Å². The maximum Gasteiger partial charge on any atom is 0.294 e. The van der Waals surface area contributed by atoms with Crippen molar-refractivity contribution in [1.29, 1.82) is 0 Å². The van der Waals surface area contributed by atoms with Crippen molar-refractivity contribution in [3.8, 4) is 0 Å². The molecule has 30 heavy (non-hydrogen) atoms. The predicted molar refractivity (Wildman–Crippen MR) is 117 cm³/mol. The molecule has 0 radical (unpaired) electrons. The number of aromatic nitrogens is 2. The number of H-pyrrole nitrogens is 2. The number of hydrogen-bond donors (Lipinski definition) is 3. The van der Waals surface area contributed by atoms with E-state index in [9.17, 15) is 22.6 Å². The number of aromatic amines is 2. The van der Waals surface area contributed by atoms with Crippen molar-refractivity contribution in [2.24, 2.45) is 0 Å². The number of nitrogens with one attached hydrogen (secondary N) is 2. The molecule has 0 fully saturated rings. The van der Waals surface area contributed by atoms with E-state index >= 15 is 0 Å². The Morgan fingerprint density at radius 3 is 1.97 bits per heavy atom. The molecule has 0 aliphatic rings. The molecular formula is C22H16N2O5S. The topological polar surface area (TPSA) is 120 Å². The highest BCUT2D eigenvalue weighted by Gasteiger charge is 2.17. The number of aryl methyl sites for hydroxylation is 2. The lowest BCUT2D eigenvalue weighted by molar-refractivity contribution is 0.482. The van der Waals surface area contributed by atoms with Gasteiger partial charge in [-0.15, -0.1) is 0 Å². The van der Waals surface area contributed by atoms with Crippen molar-refractivity contribution in [3.05, 3.63) is 74.0 Å². The van der Waals surface area contributed by atoms with Gasteiger partial charge in [0.05, 0.1) is 27.0 Å². The number of fused-ring (bicyclic) bond motifs is 4. The van der Waals surface area contributed by atoms with Crippen molar-refractivity contribution in [2.75, 3.05) is 0 Å². The van der Waals surface area contributed by atoms with Crippen LogP contribution < -0.4 is 10.9 Å². The molecule has 5 aromatic rings. The van der Waals surface area contributed by atoms with Crippen molar-refractivity contribution < 1.29 is 13.0 Å². The van der Waals surface area contributed by atoms with Gasteiger partial charge in [0.15, 0.2) is 10.9 Å². The first-order chi connectivity index (χ1) is 14.1. The molecule has 8 heteroatoms. The summed E-state index contributed by atoms with van der Waals surface area (Å²) in [4.78, 5) is 32.2. The minimum Gasteiger partial charge on any atom is -0.354 e. The second-order valence-electron chi connectivity index (χ2n) is 7.49. The third-order valence-corrected chi connectivity index (χ3v) is 6.52. The van der Waals surface area contributed by atoms with E-state index in [1.807, 2.05) is 25.1 Å². The van der Waals surface area contributed by atoms with Gasteiger partial charge >= 0.3 is 0 Å². The Bertz CT molecular complexity index is 1780. The van der Waals surface area contributed by atoms with Crippen LogP contribution in [0.25, 0.3) is 43.6 Å². The first-order valence-electron chi connectivity index (χ1n) is 9.18. The molecule has 0 saturated carbocycles. The molecule has 3 N–H and O–H groups in total. The Labute approximate surface area is 169 Å². The van der Waals surface area contributed by atoms with Gasteiger partial charge < -0.3 is 9.97 Å². The second-order valence-corrected chi connectivity index (χ2v) is 8.88. The molecule has 150 valence electrons. The van der Waals surface area contributed by atoms with Crippen LogP contribution in [0.4, 0.5) is 0 Å². The third-order valence-electron chi connectivity index (χ3n) is 5.52. The van der Waals surface area contributed by atoms with Crippen LogP contribution in [-0.2, 0) is 10.1 Å². The zero-order valence-corrected chi connectivity index (χ0v) is 16.8. The maximum atomic E-state index is 13.1. The van der Waals surface area contributed by atoms with Gasteiger partial charge in [-0.2, -0.15) is 8.42 Å². The van der Waals surface area contributed by atoms with Gasteiger partial charge in [0.25, 0.3) is 10.1 Å². The Morgan fingerprint density at radius 1 is 0.733 bits per heavy atom. The second kappa shape index (κ2) is 6.01. The normalized spacial score (nSPS) is 12.4. The summed E-state index contributed by atoms with van der Waals surface area (Å²) in [5.74, 6) is 0. The summed E-state index contributed by atoms with van der Waals surface area (Å²) in [5, 5.41) is 1.67. The van der Waals surface area contributed by atoms with Gasteiger partial charge in [0.2, 0.25) is 0 Å². The summed E-state index contributed by atoms with van der Waals surface area (Å²) >= 11 is 0. The summed E-state index contributed by atoms with van der Waals surface area (Å²) < 4.78 is 32.7. The van der Waals surface area contributed by atoms with Gasteiger partial charge in [-0.1, -0.05) is 12.1 Å². The monoisotopic (exact) mass is 420 g/mol. The molecule has 3 aromatic carbocycles. The van der Waals surface area contributed by atoms with E-state index in [0.717, 1.165) is 5.56 Å². The van der Waals surface area contributed by atoms with E-state index in [-0.39, 0.29) is 26.8 Å². The SMILES string of the molecule is Cc1cc2c(=O)c3cc4[nH]c5cccc(C)c5c(=O)c4cc3[nH]c2cc1S(=O)(=O)O. The zero-order valence-electron chi connectivity index (χ0n) is 16.0. The molecule has 2 heterocycles. The number of rotatable bonds is 1. The molecule has 0 aliphatic heterocycles. The van der Waals surface area contributed by atoms with Crippen LogP contribution in [-0.4, -0.2) is 22.9 Å². The smallest absolute Gasteiger partial charge is 0.294 e. The highest BCUT2D eigenvalue weighted by molar-refractivity contribution is 7.85. The van der Waals surface area contributed by atoms with Crippen LogP contribution in [0.1, 0.15) is 11.1 Å². The van der Waals surface area contributed by atoms with Crippen LogP contribution in [0.15, 0.2) is 56.9 Å². The molecule has 0 amide bonds. The van der Waals surface area contributed by atoms with Crippen LogP contribution in [0.2, 0.25) is 0 Å². The lowest BCUT2D eigenvalue weighted by Gasteiger charge is -2.09. The Balaban J connectivity index is 1.97. The van der Waals surface area contributed by atoms with Gasteiger partial charge in [0, 0.05) is 21.5 Å². The van der Waals surface area contributed by atoms with Gasteiger partial charge in [-0.3, -0.25) is 14.1 Å². The van der Waals surface area contributed by atoms with Gasteiger partial charge in [0.1, 0.15) is 0 Å². The summed E-state index contributed by atoms with van der Waals surface area (Å²) in [6.45, 7) is 3.37. The minimum absolute atomic E-state index is 0.151. The first kappa shape index (κ1) is 18.5. The summed E-state index contributed by atoms with van der Waals surface area (Å²) in [6, 6.07) is 11.4. The van der Waals surface area contributed by atoms with Gasteiger partial charge in [-0.25, -0.2) is 0 Å². The number of hydrogen-bond acceptors (Lipinski definition) is 4. The maximum absolute atomic E-state index is 13.1. The molecular weight excluding hydrogens is 404 g/mol. The molecule has 0 atom stereocenters. The largest absolute Gasteiger partial charge is 0.354 e. The fourth-order valence-electron chi connectivity index (χ4n) is 4.08. The van der Waals surface area contributed by atoms with Crippen molar-refractivity contribution in [2.45, 2.75) is 18.7 Å². The van der Waals surface area contributed by atoms with E-state index in [1.54, 1.807) is 12.1 Å². The molecule has 7 nitrogen and oxygen atoms in total. The zero-order chi connectivity index (χ0) is 21.4.